The Morgan fingerprint density at radius 2 is 1.68 bits per heavy atom. The number of carbonyl (C=O) groups is 3. The summed E-state index contributed by atoms with van der Waals surface area (Å²) >= 11 is 0. The van der Waals surface area contributed by atoms with Gasteiger partial charge in [0.15, 0.2) is 5.57 Å². The molecule has 0 unspecified atom stereocenters. The van der Waals surface area contributed by atoms with Crippen molar-refractivity contribution in [1.29, 1.82) is 0 Å². The van der Waals surface area contributed by atoms with Crippen LogP contribution in [0.5, 0.6) is 0 Å². The summed E-state index contributed by atoms with van der Waals surface area (Å²) in [6.45, 7) is 7.76. The van der Waals surface area contributed by atoms with Gasteiger partial charge >= 0.3 is 11.9 Å². The predicted octanol–water partition coefficient (Wildman–Crippen LogP) is 1.88. The molecule has 1 aromatic carbocycles. The third-order valence-electron chi connectivity index (χ3n) is 4.67. The summed E-state index contributed by atoms with van der Waals surface area (Å²) in [6.07, 6.45) is 2.22. The number of cyclic esters (lactones) is 2. The van der Waals surface area contributed by atoms with Crippen LogP contribution in [0, 0.1) is 0 Å². The highest BCUT2D eigenvalue weighted by molar-refractivity contribution is 6.15. The third-order valence-corrected chi connectivity index (χ3v) is 4.67. The summed E-state index contributed by atoms with van der Waals surface area (Å²) in [5.41, 5.74) is 1.60. The molecule has 0 spiro atoms. The lowest BCUT2D eigenvalue weighted by molar-refractivity contribution is -0.222. The van der Waals surface area contributed by atoms with Gasteiger partial charge in [-0.15, -0.1) is 0 Å². The van der Waals surface area contributed by atoms with Crippen molar-refractivity contribution in [2.75, 3.05) is 36.4 Å². The van der Waals surface area contributed by atoms with Crippen molar-refractivity contribution in [3.05, 3.63) is 36.0 Å². The molecule has 2 aliphatic heterocycles. The molecule has 0 bridgehead atoms. The van der Waals surface area contributed by atoms with E-state index in [0.717, 1.165) is 37.4 Å². The Morgan fingerprint density at radius 1 is 1.04 bits per heavy atom. The number of nitrogens with zero attached hydrogens (tertiary/aromatic N) is 2. The summed E-state index contributed by atoms with van der Waals surface area (Å²) in [5, 5.41) is 2.93. The van der Waals surface area contributed by atoms with Crippen LogP contribution >= 0.6 is 0 Å². The maximum Gasteiger partial charge on any atom is 0.350 e. The van der Waals surface area contributed by atoms with Crippen LogP contribution < -0.4 is 10.2 Å². The largest absolute Gasteiger partial charge is 0.419 e. The Hall–Kier alpha value is -3.03. The van der Waals surface area contributed by atoms with Crippen molar-refractivity contribution in [2.24, 2.45) is 0 Å². The van der Waals surface area contributed by atoms with Crippen molar-refractivity contribution >= 4 is 29.2 Å². The Kier molecular flexibility index (Phi) is 5.58. The maximum atomic E-state index is 11.9. The molecule has 150 valence electrons. The fourth-order valence-corrected chi connectivity index (χ4v) is 3.19. The van der Waals surface area contributed by atoms with Crippen LogP contribution in [-0.2, 0) is 23.9 Å². The molecule has 28 heavy (non-hydrogen) atoms. The first-order valence-corrected chi connectivity index (χ1v) is 9.29. The molecule has 8 heteroatoms. The lowest BCUT2D eigenvalue weighted by Crippen LogP contribution is -2.42. The zero-order valence-electron chi connectivity index (χ0n) is 16.4. The zero-order valence-corrected chi connectivity index (χ0v) is 16.4. The number of anilines is 2. The Bertz CT molecular complexity index is 779. The standard InChI is InChI=1S/C20H25N3O5/c1-14(24)22-9-4-10-23(12-11-22)16-7-5-15(6-8-16)21-13-17-18(25)27-20(2,3)28-19(17)26/h5-8,13,21H,4,9-12H2,1-3H3. The molecular weight excluding hydrogens is 362 g/mol. The normalized spacial score (nSPS) is 19.5. The molecule has 0 radical (unpaired) electrons. The van der Waals surface area contributed by atoms with Gasteiger partial charge in [0, 0.05) is 64.5 Å². The molecule has 0 saturated carbocycles. The average Bonchev–Trinajstić information content (AvgIpc) is 2.87. The first-order chi connectivity index (χ1) is 13.2. The lowest BCUT2D eigenvalue weighted by Gasteiger charge is -2.29. The number of amides is 1. The fraction of sp³-hybridized carbons (Fsp3) is 0.450. The second-order valence-corrected chi connectivity index (χ2v) is 7.27. The zero-order chi connectivity index (χ0) is 20.3. The van der Waals surface area contributed by atoms with Crippen molar-refractivity contribution < 1.29 is 23.9 Å². The lowest BCUT2D eigenvalue weighted by atomic mass is 10.2. The molecule has 1 amide bonds. The van der Waals surface area contributed by atoms with Crippen molar-refractivity contribution in [1.82, 2.24) is 4.90 Å². The Labute approximate surface area is 164 Å². The highest BCUT2D eigenvalue weighted by Crippen LogP contribution is 2.23. The van der Waals surface area contributed by atoms with E-state index < -0.39 is 17.7 Å². The molecule has 3 rings (SSSR count). The summed E-state index contributed by atoms with van der Waals surface area (Å²) in [7, 11) is 0. The van der Waals surface area contributed by atoms with Gasteiger partial charge in [0.05, 0.1) is 0 Å². The summed E-state index contributed by atoms with van der Waals surface area (Å²) < 4.78 is 10.1. The number of hydrogen-bond donors (Lipinski definition) is 1. The average molecular weight is 387 g/mol. The molecule has 0 aliphatic carbocycles. The fourth-order valence-electron chi connectivity index (χ4n) is 3.19. The van der Waals surface area contributed by atoms with E-state index in [0.29, 0.717) is 6.54 Å². The number of hydrogen-bond acceptors (Lipinski definition) is 7. The smallest absolute Gasteiger partial charge is 0.350 e. The SMILES string of the molecule is CC(=O)N1CCCN(c2ccc(NC=C3C(=O)OC(C)(C)OC3=O)cc2)CC1. The van der Waals surface area contributed by atoms with E-state index in [9.17, 15) is 14.4 Å². The molecule has 2 heterocycles. The first kappa shape index (κ1) is 19.7. The summed E-state index contributed by atoms with van der Waals surface area (Å²) in [5.74, 6) is -2.58. The molecule has 2 aliphatic rings. The van der Waals surface area contributed by atoms with Crippen LogP contribution in [0.15, 0.2) is 36.0 Å². The van der Waals surface area contributed by atoms with Crippen LogP contribution in [0.3, 0.4) is 0 Å². The van der Waals surface area contributed by atoms with Crippen LogP contribution in [0.2, 0.25) is 0 Å². The van der Waals surface area contributed by atoms with Crippen molar-refractivity contribution in [2.45, 2.75) is 33.0 Å². The van der Waals surface area contributed by atoms with Crippen LogP contribution in [0.25, 0.3) is 0 Å². The van der Waals surface area contributed by atoms with Gasteiger partial charge in [-0.25, -0.2) is 9.59 Å². The number of carbonyl (C=O) groups excluding carboxylic acids is 3. The molecule has 1 aromatic rings. The number of benzene rings is 1. The van der Waals surface area contributed by atoms with E-state index in [2.05, 4.69) is 10.2 Å². The second kappa shape index (κ2) is 7.92. The number of ether oxygens (including phenoxy) is 2. The highest BCUT2D eigenvalue weighted by Gasteiger charge is 2.38. The Balaban J connectivity index is 1.63. The third kappa shape index (κ3) is 4.62. The second-order valence-electron chi connectivity index (χ2n) is 7.27. The van der Waals surface area contributed by atoms with Gasteiger partial charge in [-0.1, -0.05) is 0 Å². The van der Waals surface area contributed by atoms with E-state index in [1.807, 2.05) is 29.2 Å². The van der Waals surface area contributed by atoms with E-state index in [-0.39, 0.29) is 11.5 Å². The van der Waals surface area contributed by atoms with E-state index in [1.165, 1.54) is 20.0 Å². The van der Waals surface area contributed by atoms with E-state index in [1.54, 1.807) is 6.92 Å². The number of nitrogens with one attached hydrogen (secondary N) is 1. The molecule has 0 aromatic heterocycles. The van der Waals surface area contributed by atoms with E-state index in [4.69, 9.17) is 9.47 Å². The van der Waals surface area contributed by atoms with Crippen LogP contribution in [0.4, 0.5) is 11.4 Å². The molecule has 2 saturated heterocycles. The van der Waals surface area contributed by atoms with Crippen molar-refractivity contribution in [3.8, 4) is 0 Å². The van der Waals surface area contributed by atoms with Gasteiger partial charge in [-0.05, 0) is 30.7 Å². The topological polar surface area (TPSA) is 88.2 Å². The molecular formula is C20H25N3O5. The van der Waals surface area contributed by atoms with Crippen LogP contribution in [0.1, 0.15) is 27.2 Å². The number of esters is 2. The van der Waals surface area contributed by atoms with Crippen LogP contribution in [-0.4, -0.2) is 54.7 Å². The number of rotatable bonds is 3. The predicted molar refractivity (Wildman–Crippen MR) is 103 cm³/mol. The molecule has 0 atom stereocenters. The Morgan fingerprint density at radius 3 is 2.29 bits per heavy atom. The quantitative estimate of drug-likeness (QED) is 0.481. The molecule has 8 nitrogen and oxygen atoms in total. The van der Waals surface area contributed by atoms with Gasteiger partial charge in [0.2, 0.25) is 5.91 Å². The monoisotopic (exact) mass is 387 g/mol. The maximum absolute atomic E-state index is 11.9. The minimum atomic E-state index is -1.25. The summed E-state index contributed by atoms with van der Waals surface area (Å²) in [4.78, 5) is 39.5. The highest BCUT2D eigenvalue weighted by atomic mass is 16.7. The van der Waals surface area contributed by atoms with Gasteiger partial charge in [-0.2, -0.15) is 0 Å². The molecule has 1 N–H and O–H groups in total. The van der Waals surface area contributed by atoms with Gasteiger partial charge in [0.25, 0.3) is 5.79 Å². The van der Waals surface area contributed by atoms with Gasteiger partial charge in [0.1, 0.15) is 0 Å². The van der Waals surface area contributed by atoms with Gasteiger partial charge in [-0.3, -0.25) is 4.79 Å². The van der Waals surface area contributed by atoms with Crippen molar-refractivity contribution in [3.63, 3.8) is 0 Å². The minimum absolute atomic E-state index is 0.109. The van der Waals surface area contributed by atoms with E-state index >= 15 is 0 Å². The minimum Gasteiger partial charge on any atom is -0.419 e. The molecule has 2 fully saturated rings. The van der Waals surface area contributed by atoms with Gasteiger partial charge < -0.3 is 24.6 Å². The first-order valence-electron chi connectivity index (χ1n) is 9.29. The summed E-state index contributed by atoms with van der Waals surface area (Å²) in [6, 6.07) is 7.66.